The van der Waals surface area contributed by atoms with Gasteiger partial charge in [0, 0.05) is 6.42 Å². The number of ketones is 1. The van der Waals surface area contributed by atoms with Crippen LogP contribution in [0.2, 0.25) is 0 Å². The lowest BCUT2D eigenvalue weighted by Gasteiger charge is -2.28. The summed E-state index contributed by atoms with van der Waals surface area (Å²) in [5.74, 6) is 0.121. The van der Waals surface area contributed by atoms with Crippen LogP contribution in [0.1, 0.15) is 12.8 Å². The molecule has 2 atom stereocenters. The van der Waals surface area contributed by atoms with Crippen LogP contribution in [0.5, 0.6) is 0 Å². The van der Waals surface area contributed by atoms with E-state index in [1.807, 2.05) is 18.2 Å². The number of hydrogen-bond donors (Lipinski definition) is 0. The summed E-state index contributed by atoms with van der Waals surface area (Å²) in [7, 11) is 0. The van der Waals surface area contributed by atoms with E-state index in [1.165, 1.54) is 11.8 Å². The average Bonchev–Trinajstić information content (AvgIpc) is 2.17. The molecule has 4 heteroatoms. The van der Waals surface area contributed by atoms with Crippen molar-refractivity contribution in [2.75, 3.05) is 0 Å². The summed E-state index contributed by atoms with van der Waals surface area (Å²) in [6, 6.07) is 0. The fraction of sp³-hybridized carbons (Fsp3) is 0.400. The van der Waals surface area contributed by atoms with Gasteiger partial charge < -0.3 is 0 Å². The molecule has 1 saturated heterocycles. The Morgan fingerprint density at radius 2 is 2.36 bits per heavy atom. The molecule has 1 aliphatic carbocycles. The van der Waals surface area contributed by atoms with Gasteiger partial charge >= 0.3 is 0 Å². The summed E-state index contributed by atoms with van der Waals surface area (Å²) in [5.41, 5.74) is 0. The summed E-state index contributed by atoms with van der Waals surface area (Å²) in [5, 5.41) is -0.796. The van der Waals surface area contributed by atoms with E-state index >= 15 is 0 Å². The second-order valence-corrected chi connectivity index (χ2v) is 5.02. The van der Waals surface area contributed by atoms with Crippen LogP contribution in [0.25, 0.3) is 0 Å². The van der Waals surface area contributed by atoms with Crippen LogP contribution in [-0.4, -0.2) is 16.3 Å². The van der Waals surface area contributed by atoms with Crippen LogP contribution in [0.4, 0.5) is 0 Å². The molecule has 0 aromatic carbocycles. The van der Waals surface area contributed by atoms with Crippen LogP contribution < -0.4 is 0 Å². The highest BCUT2D eigenvalue weighted by atomic mass is 35.5. The third-order valence-electron chi connectivity index (χ3n) is 2.42. The minimum atomic E-state index is -0.419. The van der Waals surface area contributed by atoms with Gasteiger partial charge in [-0.25, -0.2) is 0 Å². The van der Waals surface area contributed by atoms with E-state index in [2.05, 4.69) is 0 Å². The lowest BCUT2D eigenvalue weighted by molar-refractivity contribution is -0.123. The molecule has 0 bridgehead atoms. The Kier molecular flexibility index (Phi) is 2.79. The Labute approximate surface area is 91.4 Å². The monoisotopic (exact) mass is 228 g/mol. The molecule has 14 heavy (non-hydrogen) atoms. The van der Waals surface area contributed by atoms with Gasteiger partial charge in [0.05, 0.1) is 11.2 Å². The van der Waals surface area contributed by atoms with E-state index in [4.69, 9.17) is 11.6 Å². The summed E-state index contributed by atoms with van der Waals surface area (Å²) < 4.78 is 0. The molecule has 2 aliphatic rings. The topological polar surface area (TPSA) is 34.1 Å². The zero-order chi connectivity index (χ0) is 10.1. The summed E-state index contributed by atoms with van der Waals surface area (Å²) in [6.45, 7) is 0. The summed E-state index contributed by atoms with van der Waals surface area (Å²) >= 11 is 6.83. The van der Waals surface area contributed by atoms with Crippen molar-refractivity contribution in [1.29, 1.82) is 0 Å². The molecule has 1 aliphatic heterocycles. The smallest absolute Gasteiger partial charge is 0.235 e. The lowest BCUT2D eigenvalue weighted by atomic mass is 9.92. The van der Waals surface area contributed by atoms with Crippen molar-refractivity contribution in [3.05, 3.63) is 23.1 Å². The van der Waals surface area contributed by atoms with Gasteiger partial charge in [0.2, 0.25) is 5.24 Å². The van der Waals surface area contributed by atoms with Gasteiger partial charge in [-0.3, -0.25) is 9.59 Å². The van der Waals surface area contributed by atoms with Crippen molar-refractivity contribution >= 4 is 34.4 Å². The van der Waals surface area contributed by atoms with E-state index in [1.54, 1.807) is 0 Å². The largest absolute Gasteiger partial charge is 0.299 e. The van der Waals surface area contributed by atoms with Gasteiger partial charge in [-0.1, -0.05) is 18.2 Å². The molecule has 2 nitrogen and oxygen atoms in total. The highest BCUT2D eigenvalue weighted by Crippen LogP contribution is 2.41. The van der Waals surface area contributed by atoms with Gasteiger partial charge in [-0.2, -0.15) is 0 Å². The number of rotatable bonds is 1. The number of halogens is 1. The number of fused-ring (bicyclic) bond motifs is 1. The molecule has 2 rings (SSSR count). The second-order valence-electron chi connectivity index (χ2n) is 3.37. The van der Waals surface area contributed by atoms with Crippen molar-refractivity contribution < 1.29 is 9.59 Å². The predicted octanol–water partition coefficient (Wildman–Crippen LogP) is 2.29. The van der Waals surface area contributed by atoms with Gasteiger partial charge in [0.15, 0.2) is 0 Å². The molecular formula is C10H9ClO2S. The molecule has 2 unspecified atom stereocenters. The standard InChI is InChI=1S/C10H9ClO2S/c11-10(13)9-5-7(12)6-3-1-2-4-8(6)14-9/h1-2,4,6,9H,3,5H2. The van der Waals surface area contributed by atoms with Gasteiger partial charge in [0.25, 0.3) is 0 Å². The minimum Gasteiger partial charge on any atom is -0.299 e. The van der Waals surface area contributed by atoms with E-state index < -0.39 is 5.24 Å². The van der Waals surface area contributed by atoms with Crippen molar-refractivity contribution in [3.63, 3.8) is 0 Å². The Balaban J connectivity index is 2.22. The molecule has 0 spiro atoms. The summed E-state index contributed by atoms with van der Waals surface area (Å²) in [4.78, 5) is 23.6. The van der Waals surface area contributed by atoms with Crippen LogP contribution in [-0.2, 0) is 9.59 Å². The van der Waals surface area contributed by atoms with E-state index in [0.717, 1.165) is 11.3 Å². The lowest BCUT2D eigenvalue weighted by Crippen LogP contribution is -2.29. The van der Waals surface area contributed by atoms with Crippen molar-refractivity contribution in [2.24, 2.45) is 5.92 Å². The molecule has 0 saturated carbocycles. The molecule has 0 amide bonds. The van der Waals surface area contributed by atoms with Crippen LogP contribution in [0, 0.1) is 5.92 Å². The predicted molar refractivity (Wildman–Crippen MR) is 57.2 cm³/mol. The third-order valence-corrected chi connectivity index (χ3v) is 4.17. The Morgan fingerprint density at radius 3 is 3.07 bits per heavy atom. The van der Waals surface area contributed by atoms with Gasteiger partial charge in [-0.15, -0.1) is 11.8 Å². The number of carbonyl (C=O) groups excluding carboxylic acids is 2. The SMILES string of the molecule is O=C(Cl)C1CC(=O)C2CC=CC=C2S1. The molecule has 1 fully saturated rings. The third kappa shape index (κ3) is 1.79. The highest BCUT2D eigenvalue weighted by Gasteiger charge is 2.35. The average molecular weight is 229 g/mol. The number of thioether (sulfide) groups is 1. The van der Waals surface area contributed by atoms with Crippen molar-refractivity contribution in [3.8, 4) is 0 Å². The van der Waals surface area contributed by atoms with Crippen LogP contribution in [0.3, 0.4) is 0 Å². The molecule has 0 radical (unpaired) electrons. The molecular weight excluding hydrogens is 220 g/mol. The Morgan fingerprint density at radius 1 is 1.57 bits per heavy atom. The first-order valence-corrected chi connectivity index (χ1v) is 5.69. The quantitative estimate of drug-likeness (QED) is 0.646. The fourth-order valence-corrected chi connectivity index (χ4v) is 3.11. The zero-order valence-electron chi connectivity index (χ0n) is 7.40. The normalized spacial score (nSPS) is 30.9. The van der Waals surface area contributed by atoms with E-state index in [0.29, 0.717) is 0 Å². The zero-order valence-corrected chi connectivity index (χ0v) is 8.98. The molecule has 1 heterocycles. The molecule has 0 N–H and O–H groups in total. The first-order chi connectivity index (χ1) is 6.68. The first-order valence-electron chi connectivity index (χ1n) is 4.44. The molecule has 0 aromatic rings. The number of Topliss-reactive ketones (excluding diaryl/α,β-unsaturated/α-hetero) is 1. The first kappa shape index (κ1) is 9.99. The number of hydrogen-bond acceptors (Lipinski definition) is 3. The van der Waals surface area contributed by atoms with Crippen molar-refractivity contribution in [1.82, 2.24) is 0 Å². The van der Waals surface area contributed by atoms with Crippen molar-refractivity contribution in [2.45, 2.75) is 18.1 Å². The van der Waals surface area contributed by atoms with E-state index in [9.17, 15) is 9.59 Å². The minimum absolute atomic E-state index is 0.0164. The Hall–Kier alpha value is -0.540. The van der Waals surface area contributed by atoms with Crippen LogP contribution in [0.15, 0.2) is 23.1 Å². The second kappa shape index (κ2) is 3.91. The highest BCUT2D eigenvalue weighted by molar-refractivity contribution is 8.04. The maximum absolute atomic E-state index is 11.6. The Bertz CT molecular complexity index is 346. The number of carbonyl (C=O) groups is 2. The fourth-order valence-electron chi connectivity index (χ4n) is 1.68. The van der Waals surface area contributed by atoms with Gasteiger partial charge in [0.1, 0.15) is 5.78 Å². The molecule has 74 valence electrons. The molecule has 0 aromatic heterocycles. The maximum atomic E-state index is 11.6. The van der Waals surface area contributed by atoms with E-state index in [-0.39, 0.29) is 23.4 Å². The summed E-state index contributed by atoms with van der Waals surface area (Å²) in [6.07, 6.45) is 6.86. The maximum Gasteiger partial charge on any atom is 0.235 e. The van der Waals surface area contributed by atoms with Gasteiger partial charge in [-0.05, 0) is 22.9 Å². The number of allylic oxidation sites excluding steroid dienone is 4. The van der Waals surface area contributed by atoms with Crippen LogP contribution >= 0.6 is 23.4 Å².